The fourth-order valence-electron chi connectivity index (χ4n) is 4.19. The summed E-state index contributed by atoms with van der Waals surface area (Å²) in [6.07, 6.45) is 1.87. The standard InChI is InChI=1S/C23H24N2O2S/c1-15(16-9-4-3-5-10-16)25-14-8-12-18-17-11-6-7-13-19(17)24-21(18)20(22(25)28)23(26)27-2/h3-7,9-11,13,15,20,24H,8,12,14H2,1-2H3/t15-,20?/m0/s1. The van der Waals surface area contributed by atoms with Gasteiger partial charge in [0.2, 0.25) is 0 Å². The van der Waals surface area contributed by atoms with Crippen molar-refractivity contribution in [3.05, 3.63) is 71.4 Å². The van der Waals surface area contributed by atoms with Gasteiger partial charge < -0.3 is 14.6 Å². The Kier molecular flexibility index (Phi) is 5.18. The summed E-state index contributed by atoms with van der Waals surface area (Å²) in [6, 6.07) is 18.6. The highest BCUT2D eigenvalue weighted by molar-refractivity contribution is 7.80. The molecule has 0 aliphatic carbocycles. The summed E-state index contributed by atoms with van der Waals surface area (Å²) in [5.41, 5.74) is 4.28. The zero-order valence-electron chi connectivity index (χ0n) is 16.1. The molecule has 0 fully saturated rings. The highest BCUT2D eigenvalue weighted by Crippen LogP contribution is 2.35. The van der Waals surface area contributed by atoms with Gasteiger partial charge >= 0.3 is 5.97 Å². The lowest BCUT2D eigenvalue weighted by Crippen LogP contribution is -2.41. The summed E-state index contributed by atoms with van der Waals surface area (Å²) in [6.45, 7) is 2.95. The number of para-hydroxylation sites is 1. The Labute approximate surface area is 170 Å². The molecule has 4 nitrogen and oxygen atoms in total. The molecular formula is C23H24N2O2S. The number of fused-ring (bicyclic) bond motifs is 3. The molecule has 4 rings (SSSR count). The molecule has 28 heavy (non-hydrogen) atoms. The average molecular weight is 393 g/mol. The van der Waals surface area contributed by atoms with Gasteiger partial charge in [-0.15, -0.1) is 0 Å². The van der Waals surface area contributed by atoms with E-state index < -0.39 is 5.92 Å². The van der Waals surface area contributed by atoms with E-state index in [1.807, 2.05) is 36.4 Å². The van der Waals surface area contributed by atoms with E-state index in [1.165, 1.54) is 23.6 Å². The van der Waals surface area contributed by atoms with Crippen molar-refractivity contribution >= 4 is 34.1 Å². The number of aryl methyl sites for hydroxylation is 1. The van der Waals surface area contributed by atoms with Crippen LogP contribution in [0.4, 0.5) is 0 Å². The van der Waals surface area contributed by atoms with Gasteiger partial charge in [-0.1, -0.05) is 60.7 Å². The molecule has 2 atom stereocenters. The Hall–Kier alpha value is -2.66. The lowest BCUT2D eigenvalue weighted by molar-refractivity contribution is -0.140. The minimum atomic E-state index is -0.603. The molecule has 1 aromatic heterocycles. The van der Waals surface area contributed by atoms with E-state index in [2.05, 4.69) is 35.0 Å². The van der Waals surface area contributed by atoms with Gasteiger partial charge in [0, 0.05) is 23.1 Å². The second kappa shape index (κ2) is 7.76. The molecule has 0 spiro atoms. The van der Waals surface area contributed by atoms with Crippen molar-refractivity contribution in [1.82, 2.24) is 9.88 Å². The number of carbonyl (C=O) groups is 1. The summed E-state index contributed by atoms with van der Waals surface area (Å²) >= 11 is 5.90. The topological polar surface area (TPSA) is 45.3 Å². The minimum absolute atomic E-state index is 0.0896. The van der Waals surface area contributed by atoms with Gasteiger partial charge in [-0.3, -0.25) is 4.79 Å². The van der Waals surface area contributed by atoms with E-state index in [9.17, 15) is 4.79 Å². The first-order valence-electron chi connectivity index (χ1n) is 9.64. The van der Waals surface area contributed by atoms with Crippen LogP contribution in [0.25, 0.3) is 10.9 Å². The molecule has 1 unspecified atom stereocenters. The van der Waals surface area contributed by atoms with Crippen LogP contribution >= 0.6 is 12.2 Å². The summed E-state index contributed by atoms with van der Waals surface area (Å²) in [5.74, 6) is -0.918. The third-order valence-corrected chi connectivity index (χ3v) is 6.15. The lowest BCUT2D eigenvalue weighted by Gasteiger charge is -2.36. The molecule has 0 radical (unpaired) electrons. The number of benzene rings is 2. The smallest absolute Gasteiger partial charge is 0.321 e. The monoisotopic (exact) mass is 392 g/mol. The molecule has 0 saturated heterocycles. The highest BCUT2D eigenvalue weighted by Gasteiger charge is 2.36. The van der Waals surface area contributed by atoms with Crippen molar-refractivity contribution in [2.24, 2.45) is 0 Å². The number of hydrogen-bond donors (Lipinski definition) is 1. The first-order chi connectivity index (χ1) is 13.6. The zero-order chi connectivity index (χ0) is 19.7. The summed E-state index contributed by atoms with van der Waals surface area (Å²) in [5, 5.41) is 1.17. The quantitative estimate of drug-likeness (QED) is 0.516. The molecule has 0 amide bonds. The summed E-state index contributed by atoms with van der Waals surface area (Å²) in [7, 11) is 1.43. The third-order valence-electron chi connectivity index (χ3n) is 5.68. The zero-order valence-corrected chi connectivity index (χ0v) is 17.0. The predicted molar refractivity (Wildman–Crippen MR) is 116 cm³/mol. The number of esters is 1. The van der Waals surface area contributed by atoms with E-state index in [1.54, 1.807) is 0 Å². The predicted octanol–water partition coefficient (Wildman–Crippen LogP) is 4.76. The number of aromatic amines is 1. The Morgan fingerprint density at radius 3 is 2.64 bits per heavy atom. The van der Waals surface area contributed by atoms with Crippen LogP contribution < -0.4 is 0 Å². The molecule has 3 aromatic rings. The minimum Gasteiger partial charge on any atom is -0.468 e. The molecule has 1 N–H and O–H groups in total. The van der Waals surface area contributed by atoms with Crippen molar-refractivity contribution in [2.45, 2.75) is 31.7 Å². The average Bonchev–Trinajstić information content (AvgIpc) is 3.07. The maximum absolute atomic E-state index is 12.8. The van der Waals surface area contributed by atoms with E-state index in [-0.39, 0.29) is 12.0 Å². The number of methoxy groups -OCH3 is 1. The number of thiocarbonyl (C=S) groups is 1. The van der Waals surface area contributed by atoms with Crippen LogP contribution in [0.2, 0.25) is 0 Å². The van der Waals surface area contributed by atoms with Gasteiger partial charge in [0.15, 0.2) is 0 Å². The molecule has 1 aliphatic rings. The van der Waals surface area contributed by atoms with Crippen molar-refractivity contribution in [3.8, 4) is 0 Å². The number of hydrogen-bond acceptors (Lipinski definition) is 3. The Morgan fingerprint density at radius 1 is 1.18 bits per heavy atom. The number of aromatic nitrogens is 1. The van der Waals surface area contributed by atoms with Gasteiger partial charge in [-0.25, -0.2) is 0 Å². The van der Waals surface area contributed by atoms with Crippen LogP contribution in [-0.2, 0) is 16.0 Å². The number of H-pyrrole nitrogens is 1. The first-order valence-corrected chi connectivity index (χ1v) is 10.1. The number of nitrogens with zero attached hydrogens (tertiary/aromatic N) is 1. The van der Waals surface area contributed by atoms with Gasteiger partial charge in [0.05, 0.1) is 18.1 Å². The second-order valence-corrected chi connectivity index (χ2v) is 7.66. The molecule has 2 heterocycles. The molecule has 0 saturated carbocycles. The van der Waals surface area contributed by atoms with Gasteiger partial charge in [-0.2, -0.15) is 0 Å². The van der Waals surface area contributed by atoms with Crippen LogP contribution in [0.1, 0.15) is 42.1 Å². The fourth-order valence-corrected chi connectivity index (χ4v) is 4.66. The molecular weight excluding hydrogens is 368 g/mol. The van der Waals surface area contributed by atoms with Crippen LogP contribution in [0.15, 0.2) is 54.6 Å². The first kappa shape index (κ1) is 18.7. The SMILES string of the molecule is COC(=O)C1C(=S)N([C@@H](C)c2ccccc2)CCCc2c1[nH]c1ccccc21. The van der Waals surface area contributed by atoms with Crippen LogP contribution in [-0.4, -0.2) is 34.5 Å². The lowest BCUT2D eigenvalue weighted by atomic mass is 9.93. The Balaban J connectivity index is 1.80. The van der Waals surface area contributed by atoms with Crippen molar-refractivity contribution in [2.75, 3.05) is 13.7 Å². The third kappa shape index (κ3) is 3.20. The fraction of sp³-hybridized carbons (Fsp3) is 0.304. The number of nitrogens with one attached hydrogen (secondary N) is 1. The van der Waals surface area contributed by atoms with E-state index in [0.717, 1.165) is 30.6 Å². The molecule has 1 aliphatic heterocycles. The van der Waals surface area contributed by atoms with Crippen LogP contribution in [0.3, 0.4) is 0 Å². The van der Waals surface area contributed by atoms with Gasteiger partial charge in [0.1, 0.15) is 5.92 Å². The maximum Gasteiger partial charge on any atom is 0.321 e. The van der Waals surface area contributed by atoms with E-state index >= 15 is 0 Å². The van der Waals surface area contributed by atoms with Crippen molar-refractivity contribution in [3.63, 3.8) is 0 Å². The Morgan fingerprint density at radius 2 is 1.89 bits per heavy atom. The normalized spacial score (nSPS) is 18.3. The summed E-state index contributed by atoms with van der Waals surface area (Å²) < 4.78 is 5.17. The molecule has 0 bridgehead atoms. The van der Waals surface area contributed by atoms with Crippen molar-refractivity contribution < 1.29 is 9.53 Å². The molecule has 5 heteroatoms. The van der Waals surface area contributed by atoms with Crippen molar-refractivity contribution in [1.29, 1.82) is 0 Å². The molecule has 2 aromatic carbocycles. The van der Waals surface area contributed by atoms with Gasteiger partial charge in [0.25, 0.3) is 0 Å². The highest BCUT2D eigenvalue weighted by atomic mass is 32.1. The second-order valence-electron chi connectivity index (χ2n) is 7.24. The number of ether oxygens (including phenoxy) is 1. The molecule has 144 valence electrons. The van der Waals surface area contributed by atoms with E-state index in [0.29, 0.717) is 4.99 Å². The maximum atomic E-state index is 12.8. The van der Waals surface area contributed by atoms with Crippen LogP contribution in [0, 0.1) is 0 Å². The number of rotatable bonds is 3. The van der Waals surface area contributed by atoms with Crippen LogP contribution in [0.5, 0.6) is 0 Å². The van der Waals surface area contributed by atoms with Gasteiger partial charge in [-0.05, 0) is 37.0 Å². The number of carbonyl (C=O) groups excluding carboxylic acids is 1. The van der Waals surface area contributed by atoms with E-state index in [4.69, 9.17) is 17.0 Å². The summed E-state index contributed by atoms with van der Waals surface area (Å²) in [4.78, 5) is 19.1. The Bertz CT molecular complexity index is 1010. The largest absolute Gasteiger partial charge is 0.468 e.